The van der Waals surface area contributed by atoms with E-state index in [1.807, 2.05) is 0 Å². The summed E-state index contributed by atoms with van der Waals surface area (Å²) in [5, 5.41) is 43.7. The lowest BCUT2D eigenvalue weighted by molar-refractivity contribution is -0.132. The van der Waals surface area contributed by atoms with E-state index >= 15 is 0 Å². The molecule has 0 aliphatic heterocycles. The van der Waals surface area contributed by atoms with Crippen LogP contribution in [0.25, 0.3) is 0 Å². The van der Waals surface area contributed by atoms with Crippen LogP contribution in [0.5, 0.6) is 0 Å². The summed E-state index contributed by atoms with van der Waals surface area (Å²) in [6, 6.07) is -1.01. The van der Waals surface area contributed by atoms with Crippen LogP contribution in [0.3, 0.4) is 0 Å². The van der Waals surface area contributed by atoms with Crippen LogP contribution in [0.2, 0.25) is 0 Å². The van der Waals surface area contributed by atoms with Crippen LogP contribution in [0.1, 0.15) is 232 Å². The molecule has 0 radical (unpaired) electrons. The summed E-state index contributed by atoms with van der Waals surface area (Å²) in [5.74, 6) is -0.598. The van der Waals surface area contributed by atoms with Crippen molar-refractivity contribution in [1.29, 1.82) is 0 Å². The fourth-order valence-corrected chi connectivity index (χ4v) is 7.08. The summed E-state index contributed by atoms with van der Waals surface area (Å²) in [7, 11) is 0. The third-order valence-corrected chi connectivity index (χ3v) is 10.8. The van der Waals surface area contributed by atoms with Crippen molar-refractivity contribution < 1.29 is 25.2 Å². The van der Waals surface area contributed by atoms with Gasteiger partial charge in [0.15, 0.2) is 0 Å². The van der Waals surface area contributed by atoms with Gasteiger partial charge in [0.05, 0.1) is 18.8 Å². The average Bonchev–Trinajstić information content (AvgIpc) is 3.18. The summed E-state index contributed by atoms with van der Waals surface area (Å²) < 4.78 is 0. The summed E-state index contributed by atoms with van der Waals surface area (Å²) in [5.41, 5.74) is 0. The lowest BCUT2D eigenvalue weighted by Crippen LogP contribution is -2.53. The van der Waals surface area contributed by atoms with Crippen LogP contribution < -0.4 is 5.32 Å². The smallest absolute Gasteiger partial charge is 0.249 e. The van der Waals surface area contributed by atoms with Gasteiger partial charge in [0.2, 0.25) is 5.91 Å². The monoisotopic (exact) mass is 762 g/mol. The SMILES string of the molecule is CCCCCCCCCC/C=C/CC/C=C/CC/C=C/CCCC(O)C(O)C(CO)NC(=O)C(O)CCCCCCCCCCCCCCCCCCC. The molecule has 0 rings (SSSR count). The van der Waals surface area contributed by atoms with Gasteiger partial charge in [-0.25, -0.2) is 0 Å². The standard InChI is InChI=1S/C48H91NO5/c1-3-5-7-9-11-13-15-17-19-21-22-23-24-26-27-29-31-33-35-37-39-41-45(51)47(53)44(43-50)49-48(54)46(52)42-40-38-36-34-32-30-28-25-20-18-16-14-12-10-8-6-4-2/h21-22,26-27,33,35,44-47,50-53H,3-20,23-25,28-32,34,36-43H2,1-2H3,(H,49,54)/b22-21+,27-26+,35-33+. The number of carbonyl (C=O) groups is 1. The molecule has 0 aromatic carbocycles. The predicted molar refractivity (Wildman–Crippen MR) is 233 cm³/mol. The van der Waals surface area contributed by atoms with Gasteiger partial charge < -0.3 is 25.7 Å². The highest BCUT2D eigenvalue weighted by molar-refractivity contribution is 5.80. The number of unbranched alkanes of at least 4 members (excludes halogenated alkanes) is 27. The zero-order valence-electron chi connectivity index (χ0n) is 35.7. The molecule has 4 unspecified atom stereocenters. The first-order valence-electron chi connectivity index (χ1n) is 23.4. The zero-order valence-corrected chi connectivity index (χ0v) is 35.7. The van der Waals surface area contributed by atoms with Crippen LogP contribution in [0, 0.1) is 0 Å². The Morgan fingerprint density at radius 2 is 0.778 bits per heavy atom. The van der Waals surface area contributed by atoms with Crippen LogP contribution in [-0.2, 0) is 4.79 Å². The third-order valence-electron chi connectivity index (χ3n) is 10.8. The Hall–Kier alpha value is -1.47. The maximum absolute atomic E-state index is 12.5. The van der Waals surface area contributed by atoms with Crippen molar-refractivity contribution in [2.75, 3.05) is 6.61 Å². The molecule has 6 nitrogen and oxygen atoms in total. The normalized spacial score (nSPS) is 14.4. The molecule has 0 aliphatic rings. The van der Waals surface area contributed by atoms with E-state index < -0.39 is 36.9 Å². The highest BCUT2D eigenvalue weighted by atomic mass is 16.3. The van der Waals surface area contributed by atoms with Crippen LogP contribution in [-0.4, -0.2) is 57.3 Å². The number of amides is 1. The topological polar surface area (TPSA) is 110 Å². The van der Waals surface area contributed by atoms with Gasteiger partial charge in [-0.1, -0.05) is 204 Å². The van der Waals surface area contributed by atoms with Crippen molar-refractivity contribution in [3.05, 3.63) is 36.5 Å². The van der Waals surface area contributed by atoms with E-state index in [2.05, 4.69) is 55.6 Å². The van der Waals surface area contributed by atoms with Gasteiger partial charge in [-0.05, 0) is 64.2 Å². The predicted octanol–water partition coefficient (Wildman–Crippen LogP) is 12.5. The Labute approximate surface area is 335 Å². The number of hydrogen-bond donors (Lipinski definition) is 5. The molecule has 6 heteroatoms. The van der Waals surface area contributed by atoms with Gasteiger partial charge in [-0.3, -0.25) is 4.79 Å². The van der Waals surface area contributed by atoms with E-state index in [9.17, 15) is 25.2 Å². The van der Waals surface area contributed by atoms with E-state index in [1.165, 1.54) is 148 Å². The van der Waals surface area contributed by atoms with Crippen molar-refractivity contribution in [3.63, 3.8) is 0 Å². The van der Waals surface area contributed by atoms with Gasteiger partial charge in [0.1, 0.15) is 12.2 Å². The Morgan fingerprint density at radius 1 is 0.444 bits per heavy atom. The fourth-order valence-electron chi connectivity index (χ4n) is 7.08. The van der Waals surface area contributed by atoms with Crippen molar-refractivity contribution in [3.8, 4) is 0 Å². The van der Waals surface area contributed by atoms with Crippen LogP contribution >= 0.6 is 0 Å². The van der Waals surface area contributed by atoms with Crippen molar-refractivity contribution in [1.82, 2.24) is 5.32 Å². The number of rotatable bonds is 42. The second-order valence-electron chi connectivity index (χ2n) is 16.1. The zero-order chi connectivity index (χ0) is 39.6. The minimum absolute atomic E-state index is 0.361. The molecule has 0 heterocycles. The summed E-state index contributed by atoms with van der Waals surface area (Å²) >= 11 is 0. The third kappa shape index (κ3) is 36.2. The van der Waals surface area contributed by atoms with E-state index in [0.29, 0.717) is 19.3 Å². The Bertz CT molecular complexity index is 858. The molecule has 0 fully saturated rings. The molecule has 54 heavy (non-hydrogen) atoms. The molecule has 1 amide bonds. The number of carbonyl (C=O) groups excluding carboxylic acids is 1. The number of allylic oxidation sites excluding steroid dienone is 6. The number of hydrogen-bond acceptors (Lipinski definition) is 5. The van der Waals surface area contributed by atoms with Gasteiger partial charge in [0.25, 0.3) is 0 Å². The minimum Gasteiger partial charge on any atom is -0.394 e. The van der Waals surface area contributed by atoms with Gasteiger partial charge in [-0.15, -0.1) is 0 Å². The second-order valence-corrected chi connectivity index (χ2v) is 16.1. The lowest BCUT2D eigenvalue weighted by Gasteiger charge is -2.27. The van der Waals surface area contributed by atoms with E-state index in [4.69, 9.17) is 0 Å². The maximum Gasteiger partial charge on any atom is 0.249 e. The Balaban J connectivity index is 3.80. The molecule has 0 aromatic rings. The molecule has 0 saturated carbocycles. The quantitative estimate of drug-likeness (QED) is 0.0314. The van der Waals surface area contributed by atoms with Gasteiger partial charge in [0, 0.05) is 0 Å². The largest absolute Gasteiger partial charge is 0.394 e. The average molecular weight is 762 g/mol. The van der Waals surface area contributed by atoms with Crippen molar-refractivity contribution >= 4 is 5.91 Å². The molecule has 318 valence electrons. The molecular formula is C48H91NO5. The number of aliphatic hydroxyl groups is 4. The molecule has 0 spiro atoms. The molecule has 4 atom stereocenters. The van der Waals surface area contributed by atoms with E-state index in [-0.39, 0.29) is 0 Å². The lowest BCUT2D eigenvalue weighted by atomic mass is 10.00. The minimum atomic E-state index is -1.29. The Kier molecular flexibility index (Phi) is 41.5. The number of aliphatic hydroxyl groups excluding tert-OH is 4. The van der Waals surface area contributed by atoms with Crippen molar-refractivity contribution in [2.45, 2.75) is 257 Å². The molecule has 0 aliphatic carbocycles. The molecule has 0 aromatic heterocycles. The number of nitrogens with one attached hydrogen (secondary N) is 1. The van der Waals surface area contributed by atoms with Crippen molar-refractivity contribution in [2.24, 2.45) is 0 Å². The summed E-state index contributed by atoms with van der Waals surface area (Å²) in [6.07, 6.45) is 50.3. The summed E-state index contributed by atoms with van der Waals surface area (Å²) in [4.78, 5) is 12.5. The fraction of sp³-hybridized carbons (Fsp3) is 0.854. The van der Waals surface area contributed by atoms with Crippen LogP contribution in [0.15, 0.2) is 36.5 Å². The highest BCUT2D eigenvalue weighted by Gasteiger charge is 2.28. The van der Waals surface area contributed by atoms with Crippen LogP contribution in [0.4, 0.5) is 0 Å². The maximum atomic E-state index is 12.5. The second kappa shape index (κ2) is 42.7. The van der Waals surface area contributed by atoms with E-state index in [1.54, 1.807) is 0 Å². The van der Waals surface area contributed by atoms with Gasteiger partial charge >= 0.3 is 0 Å². The summed E-state index contributed by atoms with van der Waals surface area (Å²) in [6.45, 7) is 4.04. The molecule has 0 bridgehead atoms. The Morgan fingerprint density at radius 3 is 1.17 bits per heavy atom. The van der Waals surface area contributed by atoms with Gasteiger partial charge in [-0.2, -0.15) is 0 Å². The molecule has 0 saturated heterocycles. The highest BCUT2D eigenvalue weighted by Crippen LogP contribution is 2.16. The first kappa shape index (κ1) is 52.5. The molecule has 5 N–H and O–H groups in total. The first-order chi connectivity index (χ1) is 26.5. The molecular weight excluding hydrogens is 671 g/mol. The first-order valence-corrected chi connectivity index (χ1v) is 23.4. The van der Waals surface area contributed by atoms with E-state index in [0.717, 1.165) is 51.4 Å².